The fraction of sp³-hybridized carbons (Fsp3) is 0.950. The molecule has 3 rings (SSSR count). The molecule has 3 fully saturated rings. The molecule has 0 radical (unpaired) electrons. The minimum absolute atomic E-state index is 0.0196. The van der Waals surface area contributed by atoms with Crippen LogP contribution in [0, 0.1) is 34.5 Å². The Labute approximate surface area is 159 Å². The molecule has 0 spiro atoms. The van der Waals surface area contributed by atoms with Crippen LogP contribution in [0.3, 0.4) is 0 Å². The molecule has 0 amide bonds. The van der Waals surface area contributed by atoms with Gasteiger partial charge < -0.3 is 0 Å². The number of hydrogen-bond donors (Lipinski definition) is 0. The van der Waals surface area contributed by atoms with Gasteiger partial charge >= 0.3 is 0 Å². The lowest BCUT2D eigenvalue weighted by Gasteiger charge is -2.64. The van der Waals surface area contributed by atoms with Gasteiger partial charge in [0.25, 0.3) is 0 Å². The van der Waals surface area contributed by atoms with E-state index >= 15 is 0 Å². The van der Waals surface area contributed by atoms with Gasteiger partial charge in [0.1, 0.15) is 0 Å². The highest BCUT2D eigenvalue weighted by atomic mass is 79.9. The van der Waals surface area contributed by atoms with Crippen LogP contribution in [0.4, 0.5) is 0 Å². The number of halogens is 2. The smallest absolute Gasteiger partial charge is 0.163 e. The molecular weight excluding hydrogens is 416 g/mol. The molecule has 0 aromatic carbocycles. The molecule has 0 heterocycles. The summed E-state index contributed by atoms with van der Waals surface area (Å²) < 4.78 is -0.334. The van der Waals surface area contributed by atoms with E-state index in [0.29, 0.717) is 34.4 Å². The lowest BCUT2D eigenvalue weighted by atomic mass is 9.43. The van der Waals surface area contributed by atoms with E-state index in [9.17, 15) is 4.79 Å². The van der Waals surface area contributed by atoms with Crippen molar-refractivity contribution in [2.45, 2.75) is 82.3 Å². The summed E-state index contributed by atoms with van der Waals surface area (Å²) in [6.07, 6.45) is 7.60. The lowest BCUT2D eigenvalue weighted by Crippen LogP contribution is -2.63. The first-order valence-electron chi connectivity index (χ1n) is 9.42. The third kappa shape index (κ3) is 2.54. The van der Waals surface area contributed by atoms with E-state index in [0.717, 1.165) is 12.3 Å². The highest BCUT2D eigenvalue weighted by Gasteiger charge is 2.63. The van der Waals surface area contributed by atoms with E-state index in [1.54, 1.807) is 0 Å². The summed E-state index contributed by atoms with van der Waals surface area (Å²) in [4.78, 5) is 13.1. The fourth-order valence-electron chi connectivity index (χ4n) is 6.74. The maximum absolute atomic E-state index is 13.0. The summed E-state index contributed by atoms with van der Waals surface area (Å²) in [6, 6.07) is 0. The van der Waals surface area contributed by atoms with Gasteiger partial charge in [0, 0.05) is 0 Å². The Morgan fingerprint density at radius 2 is 1.74 bits per heavy atom. The predicted molar refractivity (Wildman–Crippen MR) is 104 cm³/mol. The monoisotopic (exact) mass is 446 g/mol. The van der Waals surface area contributed by atoms with Crippen molar-refractivity contribution in [2.24, 2.45) is 34.5 Å². The van der Waals surface area contributed by atoms with Gasteiger partial charge in [-0.1, -0.05) is 72.9 Å². The normalized spacial score (nSPS) is 49.7. The number of rotatable bonds is 1. The Morgan fingerprint density at radius 1 is 1.09 bits per heavy atom. The second kappa shape index (κ2) is 5.83. The van der Waals surface area contributed by atoms with Gasteiger partial charge in [-0.2, -0.15) is 0 Å². The van der Waals surface area contributed by atoms with E-state index in [1.807, 2.05) is 0 Å². The van der Waals surface area contributed by atoms with Crippen molar-refractivity contribution >= 4 is 37.6 Å². The van der Waals surface area contributed by atoms with Crippen molar-refractivity contribution in [3.05, 3.63) is 0 Å². The number of fused-ring (bicyclic) bond motifs is 3. The average Bonchev–Trinajstić information content (AvgIpc) is 2.44. The minimum atomic E-state index is -0.334. The van der Waals surface area contributed by atoms with Crippen LogP contribution in [-0.4, -0.2) is 14.9 Å². The molecule has 3 aliphatic carbocycles. The van der Waals surface area contributed by atoms with Crippen LogP contribution in [0.1, 0.15) is 73.1 Å². The van der Waals surface area contributed by atoms with Gasteiger partial charge in [0.2, 0.25) is 0 Å². The van der Waals surface area contributed by atoms with Gasteiger partial charge in [0.05, 0.1) is 9.15 Å². The molecule has 3 heteroatoms. The third-order valence-electron chi connectivity index (χ3n) is 7.88. The van der Waals surface area contributed by atoms with Crippen LogP contribution >= 0.6 is 31.9 Å². The molecule has 0 aromatic heterocycles. The molecule has 23 heavy (non-hydrogen) atoms. The van der Waals surface area contributed by atoms with Crippen LogP contribution in [0.15, 0.2) is 0 Å². The Morgan fingerprint density at radius 3 is 2.35 bits per heavy atom. The van der Waals surface area contributed by atoms with Gasteiger partial charge in [0.15, 0.2) is 5.78 Å². The number of Topliss-reactive ketones (excluding diaryl/α,β-unsaturated/α-hetero) is 1. The summed E-state index contributed by atoms with van der Waals surface area (Å²) in [7, 11) is 0. The van der Waals surface area contributed by atoms with Crippen LogP contribution in [0.2, 0.25) is 0 Å². The van der Waals surface area contributed by atoms with Crippen LogP contribution in [0.5, 0.6) is 0 Å². The van der Waals surface area contributed by atoms with E-state index < -0.39 is 0 Å². The largest absolute Gasteiger partial charge is 0.297 e. The molecule has 0 aromatic rings. The Kier molecular flexibility index (Phi) is 4.67. The van der Waals surface area contributed by atoms with Crippen molar-refractivity contribution in [3.8, 4) is 0 Å². The first-order chi connectivity index (χ1) is 10.5. The van der Waals surface area contributed by atoms with E-state index in [1.165, 1.54) is 32.1 Å². The van der Waals surface area contributed by atoms with Crippen LogP contribution < -0.4 is 0 Å². The topological polar surface area (TPSA) is 17.1 Å². The lowest BCUT2D eigenvalue weighted by molar-refractivity contribution is -0.143. The van der Waals surface area contributed by atoms with Gasteiger partial charge in [-0.15, -0.1) is 0 Å². The van der Waals surface area contributed by atoms with Crippen molar-refractivity contribution in [2.75, 3.05) is 0 Å². The molecule has 3 saturated carbocycles. The minimum Gasteiger partial charge on any atom is -0.297 e. The van der Waals surface area contributed by atoms with Crippen molar-refractivity contribution in [1.82, 2.24) is 0 Å². The Balaban J connectivity index is 2.04. The second-order valence-corrected chi connectivity index (χ2v) is 12.1. The van der Waals surface area contributed by atoms with E-state index in [2.05, 4.69) is 66.5 Å². The number of ketones is 1. The molecule has 3 aliphatic rings. The number of hydrogen-bond acceptors (Lipinski definition) is 1. The summed E-state index contributed by atoms with van der Waals surface area (Å²) in [5.74, 6) is 2.70. The van der Waals surface area contributed by atoms with Gasteiger partial charge in [-0.05, 0) is 66.6 Å². The third-order valence-corrected chi connectivity index (χ3v) is 10.6. The molecule has 0 saturated heterocycles. The molecule has 132 valence electrons. The quantitative estimate of drug-likeness (QED) is 0.426. The summed E-state index contributed by atoms with van der Waals surface area (Å²) in [5, 5.41) is 0. The van der Waals surface area contributed by atoms with Crippen LogP contribution in [0.25, 0.3) is 0 Å². The second-order valence-electron chi connectivity index (χ2n) is 9.68. The predicted octanol–water partition coefficient (Wildman–Crippen LogP) is 6.37. The molecule has 0 N–H and O–H groups in total. The van der Waals surface area contributed by atoms with Gasteiger partial charge in [-0.3, -0.25) is 4.79 Å². The fourth-order valence-corrected chi connectivity index (χ4v) is 8.65. The maximum Gasteiger partial charge on any atom is 0.163 e. The number of alkyl halides is 2. The Bertz CT molecular complexity index is 500. The molecule has 1 nitrogen and oxygen atoms in total. The van der Waals surface area contributed by atoms with Crippen molar-refractivity contribution in [3.63, 3.8) is 0 Å². The van der Waals surface area contributed by atoms with E-state index in [4.69, 9.17) is 0 Å². The first-order valence-corrected chi connectivity index (χ1v) is 11.1. The van der Waals surface area contributed by atoms with Gasteiger partial charge in [-0.25, -0.2) is 0 Å². The zero-order chi connectivity index (χ0) is 17.2. The van der Waals surface area contributed by atoms with Crippen molar-refractivity contribution in [1.29, 1.82) is 0 Å². The average molecular weight is 448 g/mol. The SMILES string of the molecule is CC(C)[C@]1(Br)C(=O)[C@H](Br)C[C@H]2[C@H]1CC[C@H]1C(C)(C)CCC[C@]21C. The summed E-state index contributed by atoms with van der Waals surface area (Å²) in [6.45, 7) is 12.0. The summed E-state index contributed by atoms with van der Waals surface area (Å²) in [5.41, 5.74) is 0.847. The van der Waals surface area contributed by atoms with Crippen LogP contribution in [-0.2, 0) is 4.79 Å². The molecule has 0 unspecified atom stereocenters. The number of carbonyl (C=O) groups excluding carboxylic acids is 1. The molecule has 0 bridgehead atoms. The molecular formula is C20H32Br2O. The standard InChI is InChI=1S/C20H32Br2O/c1-12(2)20(22)13-7-8-16-18(3,4)9-6-10-19(16,5)14(13)11-15(21)17(20)23/h12-16H,6-11H2,1-5H3/t13-,14+,15-,16+,19-,20-/m1/s1. The first kappa shape index (κ1) is 18.4. The summed E-state index contributed by atoms with van der Waals surface area (Å²) >= 11 is 7.75. The van der Waals surface area contributed by atoms with E-state index in [-0.39, 0.29) is 9.15 Å². The highest BCUT2D eigenvalue weighted by Crippen LogP contribution is 2.66. The molecule has 6 atom stereocenters. The number of carbonyl (C=O) groups is 1. The maximum atomic E-state index is 13.0. The van der Waals surface area contributed by atoms with Crippen molar-refractivity contribution < 1.29 is 4.79 Å². The Hall–Kier alpha value is 0.630. The zero-order valence-corrected chi connectivity index (χ0v) is 18.5. The highest BCUT2D eigenvalue weighted by molar-refractivity contribution is 9.11. The molecule has 0 aliphatic heterocycles. The zero-order valence-electron chi connectivity index (χ0n) is 15.3.